The first-order valence-electron chi connectivity index (χ1n) is 5.79. The fourth-order valence-electron chi connectivity index (χ4n) is 1.53. The van der Waals surface area contributed by atoms with Crippen molar-refractivity contribution >= 4 is 27.5 Å². The number of benzene rings is 2. The molecule has 0 saturated carbocycles. The molecule has 0 saturated heterocycles. The Hall–Kier alpha value is -2.02. The molecular formula is C14H9BrF3NO2. The Balaban J connectivity index is 1.99. The van der Waals surface area contributed by atoms with Crippen LogP contribution < -0.4 is 10.1 Å². The molecule has 0 fully saturated rings. The average Bonchev–Trinajstić information content (AvgIpc) is 2.42. The zero-order valence-electron chi connectivity index (χ0n) is 10.5. The van der Waals surface area contributed by atoms with Crippen LogP contribution in [-0.2, 0) is 4.79 Å². The summed E-state index contributed by atoms with van der Waals surface area (Å²) in [6.45, 7) is -0.577. The number of nitrogens with one attached hydrogen (secondary N) is 1. The second kappa shape index (κ2) is 6.62. The van der Waals surface area contributed by atoms with E-state index in [1.165, 1.54) is 24.3 Å². The molecule has 0 aliphatic carbocycles. The molecule has 2 aromatic carbocycles. The van der Waals surface area contributed by atoms with Gasteiger partial charge in [-0.3, -0.25) is 4.79 Å². The van der Waals surface area contributed by atoms with Crippen LogP contribution in [0, 0.1) is 17.5 Å². The summed E-state index contributed by atoms with van der Waals surface area (Å²) in [4.78, 5) is 11.6. The Labute approximate surface area is 126 Å². The SMILES string of the molecule is O=C(COc1ccc(Br)cc1F)Nc1c(F)cccc1F. The van der Waals surface area contributed by atoms with Crippen LogP contribution in [0.15, 0.2) is 40.9 Å². The van der Waals surface area contributed by atoms with Gasteiger partial charge in [0.2, 0.25) is 0 Å². The number of hydrogen-bond acceptors (Lipinski definition) is 2. The van der Waals surface area contributed by atoms with Crippen LogP contribution in [0.1, 0.15) is 0 Å². The smallest absolute Gasteiger partial charge is 0.262 e. The quantitative estimate of drug-likeness (QED) is 0.899. The van der Waals surface area contributed by atoms with Gasteiger partial charge < -0.3 is 10.1 Å². The highest BCUT2D eigenvalue weighted by Gasteiger charge is 2.13. The molecule has 0 heterocycles. The molecule has 1 amide bonds. The van der Waals surface area contributed by atoms with Crippen LogP contribution in [0.25, 0.3) is 0 Å². The molecule has 0 atom stereocenters. The monoisotopic (exact) mass is 359 g/mol. The first kappa shape index (κ1) is 15.4. The van der Waals surface area contributed by atoms with Gasteiger partial charge in [-0.15, -0.1) is 0 Å². The number of anilines is 1. The topological polar surface area (TPSA) is 38.3 Å². The Morgan fingerprint density at radius 1 is 1.10 bits per heavy atom. The summed E-state index contributed by atoms with van der Waals surface area (Å²) in [5.74, 6) is -3.41. The predicted octanol–water partition coefficient (Wildman–Crippen LogP) is 3.88. The maximum atomic E-state index is 13.4. The van der Waals surface area contributed by atoms with Crippen molar-refractivity contribution in [3.8, 4) is 5.75 Å². The molecule has 1 N–H and O–H groups in total. The number of rotatable bonds is 4. The van der Waals surface area contributed by atoms with Crippen molar-refractivity contribution < 1.29 is 22.7 Å². The normalized spacial score (nSPS) is 10.3. The number of ether oxygens (including phenoxy) is 1. The van der Waals surface area contributed by atoms with E-state index in [1.54, 1.807) is 0 Å². The van der Waals surface area contributed by atoms with Crippen molar-refractivity contribution in [3.63, 3.8) is 0 Å². The van der Waals surface area contributed by atoms with Crippen molar-refractivity contribution in [2.45, 2.75) is 0 Å². The van der Waals surface area contributed by atoms with Crippen molar-refractivity contribution in [3.05, 3.63) is 58.3 Å². The standard InChI is InChI=1S/C14H9BrF3NO2/c15-8-4-5-12(11(18)6-8)21-7-13(20)19-14-9(16)2-1-3-10(14)17/h1-6H,7H2,(H,19,20). The van der Waals surface area contributed by atoms with E-state index < -0.39 is 35.7 Å². The van der Waals surface area contributed by atoms with Gasteiger partial charge in [0.1, 0.15) is 17.3 Å². The minimum Gasteiger partial charge on any atom is -0.481 e. The highest BCUT2D eigenvalue weighted by Crippen LogP contribution is 2.22. The van der Waals surface area contributed by atoms with Crippen molar-refractivity contribution in [1.82, 2.24) is 0 Å². The van der Waals surface area contributed by atoms with Gasteiger partial charge in [-0.05, 0) is 30.3 Å². The molecule has 0 aliphatic rings. The molecule has 21 heavy (non-hydrogen) atoms. The Morgan fingerprint density at radius 2 is 1.76 bits per heavy atom. The zero-order valence-corrected chi connectivity index (χ0v) is 12.1. The lowest BCUT2D eigenvalue weighted by Crippen LogP contribution is -2.21. The second-order valence-corrected chi connectivity index (χ2v) is 4.92. The number of amides is 1. The van der Waals surface area contributed by atoms with E-state index in [0.717, 1.165) is 12.1 Å². The molecule has 2 rings (SSSR count). The molecule has 3 nitrogen and oxygen atoms in total. The molecular weight excluding hydrogens is 351 g/mol. The summed E-state index contributed by atoms with van der Waals surface area (Å²) in [6.07, 6.45) is 0. The molecule has 0 aliphatic heterocycles. The Bertz CT molecular complexity index is 659. The van der Waals surface area contributed by atoms with Crippen LogP contribution in [0.3, 0.4) is 0 Å². The van der Waals surface area contributed by atoms with Gasteiger partial charge in [0, 0.05) is 4.47 Å². The van der Waals surface area contributed by atoms with Crippen molar-refractivity contribution in [1.29, 1.82) is 0 Å². The molecule has 0 radical (unpaired) electrons. The van der Waals surface area contributed by atoms with Crippen LogP contribution in [-0.4, -0.2) is 12.5 Å². The third-order valence-electron chi connectivity index (χ3n) is 2.48. The first-order valence-corrected chi connectivity index (χ1v) is 6.58. The summed E-state index contributed by atoms with van der Waals surface area (Å²) < 4.78 is 45.6. The zero-order chi connectivity index (χ0) is 15.4. The lowest BCUT2D eigenvalue weighted by Gasteiger charge is -2.09. The Morgan fingerprint density at radius 3 is 2.38 bits per heavy atom. The van der Waals surface area contributed by atoms with Crippen molar-refractivity contribution in [2.75, 3.05) is 11.9 Å². The lowest BCUT2D eigenvalue weighted by molar-refractivity contribution is -0.118. The summed E-state index contributed by atoms with van der Waals surface area (Å²) in [5, 5.41) is 2.03. The molecule has 0 unspecified atom stereocenters. The summed E-state index contributed by atoms with van der Waals surface area (Å²) >= 11 is 3.08. The van der Waals surface area contributed by atoms with E-state index in [0.29, 0.717) is 4.47 Å². The maximum absolute atomic E-state index is 13.4. The van der Waals surface area contributed by atoms with E-state index in [2.05, 4.69) is 15.9 Å². The molecule has 0 aromatic heterocycles. The Kier molecular flexibility index (Phi) is 4.85. The highest BCUT2D eigenvalue weighted by molar-refractivity contribution is 9.10. The number of carbonyl (C=O) groups is 1. The molecule has 0 bridgehead atoms. The van der Waals surface area contributed by atoms with Gasteiger partial charge in [-0.1, -0.05) is 22.0 Å². The molecule has 2 aromatic rings. The van der Waals surface area contributed by atoms with E-state index in [-0.39, 0.29) is 5.75 Å². The average molecular weight is 360 g/mol. The summed E-state index contributed by atoms with van der Waals surface area (Å²) in [7, 11) is 0. The third-order valence-corrected chi connectivity index (χ3v) is 2.97. The van der Waals surface area contributed by atoms with Crippen LogP contribution in [0.4, 0.5) is 18.9 Å². The lowest BCUT2D eigenvalue weighted by atomic mass is 10.3. The van der Waals surface area contributed by atoms with Gasteiger partial charge in [0.15, 0.2) is 18.2 Å². The van der Waals surface area contributed by atoms with E-state index in [9.17, 15) is 18.0 Å². The van der Waals surface area contributed by atoms with Gasteiger partial charge in [0.25, 0.3) is 5.91 Å². The fourth-order valence-corrected chi connectivity index (χ4v) is 1.86. The predicted molar refractivity (Wildman–Crippen MR) is 74.6 cm³/mol. The van der Waals surface area contributed by atoms with Gasteiger partial charge in [-0.25, -0.2) is 13.2 Å². The van der Waals surface area contributed by atoms with Crippen molar-refractivity contribution in [2.24, 2.45) is 0 Å². The molecule has 110 valence electrons. The van der Waals surface area contributed by atoms with Gasteiger partial charge >= 0.3 is 0 Å². The minimum atomic E-state index is -0.904. The molecule has 7 heteroatoms. The largest absolute Gasteiger partial charge is 0.481 e. The second-order valence-electron chi connectivity index (χ2n) is 4.01. The molecule has 0 spiro atoms. The third kappa shape index (κ3) is 3.98. The number of para-hydroxylation sites is 1. The summed E-state index contributed by atoms with van der Waals surface area (Å²) in [5.41, 5.74) is -0.567. The first-order chi connectivity index (χ1) is 9.97. The minimum absolute atomic E-state index is 0.137. The van der Waals surface area contributed by atoms with E-state index in [1.807, 2.05) is 5.32 Å². The van der Waals surface area contributed by atoms with Gasteiger partial charge in [-0.2, -0.15) is 0 Å². The summed E-state index contributed by atoms with van der Waals surface area (Å²) in [6, 6.07) is 7.23. The highest BCUT2D eigenvalue weighted by atomic mass is 79.9. The van der Waals surface area contributed by atoms with Crippen LogP contribution in [0.2, 0.25) is 0 Å². The number of hydrogen-bond donors (Lipinski definition) is 1. The fraction of sp³-hybridized carbons (Fsp3) is 0.0714. The van der Waals surface area contributed by atoms with Crippen LogP contribution in [0.5, 0.6) is 5.75 Å². The number of carbonyl (C=O) groups excluding carboxylic acids is 1. The van der Waals surface area contributed by atoms with E-state index in [4.69, 9.17) is 4.74 Å². The number of halogens is 4. The van der Waals surface area contributed by atoms with Gasteiger partial charge in [0.05, 0.1) is 0 Å². The van der Waals surface area contributed by atoms with E-state index >= 15 is 0 Å². The van der Waals surface area contributed by atoms with Crippen LogP contribution >= 0.6 is 15.9 Å². The maximum Gasteiger partial charge on any atom is 0.262 e.